The summed E-state index contributed by atoms with van der Waals surface area (Å²) in [6, 6.07) is 3.42. The van der Waals surface area contributed by atoms with E-state index in [9.17, 15) is 12.8 Å². The molecule has 23 heavy (non-hydrogen) atoms. The zero-order valence-electron chi connectivity index (χ0n) is 12.0. The first-order valence-electron chi connectivity index (χ1n) is 6.97. The van der Waals surface area contributed by atoms with Crippen molar-refractivity contribution in [1.29, 1.82) is 0 Å². The standard InChI is InChI=1S/C14H14ClFN2O3S2/c15-10-1-2-13(11(16)7-10)23(19,20)18-14-17-12(8-22-14)9-3-5-21-6-4-9/h1-2,7-9H,3-6H2,(H,17,18). The number of anilines is 1. The molecule has 0 amide bonds. The van der Waals surface area contributed by atoms with Gasteiger partial charge in [0.25, 0.3) is 10.0 Å². The number of thiazole rings is 1. The Bertz CT molecular complexity index is 804. The van der Waals surface area contributed by atoms with Crippen molar-refractivity contribution in [3.8, 4) is 0 Å². The molecule has 9 heteroatoms. The lowest BCUT2D eigenvalue weighted by atomic mass is 9.98. The Balaban J connectivity index is 1.79. The van der Waals surface area contributed by atoms with Gasteiger partial charge in [-0.05, 0) is 31.0 Å². The molecule has 0 atom stereocenters. The van der Waals surface area contributed by atoms with E-state index in [0.29, 0.717) is 13.2 Å². The van der Waals surface area contributed by atoms with Gasteiger partial charge in [-0.3, -0.25) is 4.72 Å². The lowest BCUT2D eigenvalue weighted by Crippen LogP contribution is -2.16. The average Bonchev–Trinajstić information content (AvgIpc) is 2.95. The summed E-state index contributed by atoms with van der Waals surface area (Å²) in [6.45, 7) is 1.36. The smallest absolute Gasteiger partial charge is 0.266 e. The molecule has 0 bridgehead atoms. The van der Waals surface area contributed by atoms with Crippen LogP contribution in [0.2, 0.25) is 5.02 Å². The first-order chi connectivity index (χ1) is 11.0. The molecule has 3 rings (SSSR count). The Morgan fingerprint density at radius 3 is 2.78 bits per heavy atom. The lowest BCUT2D eigenvalue weighted by Gasteiger charge is -2.19. The number of hydrogen-bond donors (Lipinski definition) is 1. The fraction of sp³-hybridized carbons (Fsp3) is 0.357. The van der Waals surface area contributed by atoms with Gasteiger partial charge in [0.15, 0.2) is 5.13 Å². The number of rotatable bonds is 4. The second kappa shape index (κ2) is 6.72. The van der Waals surface area contributed by atoms with Crippen LogP contribution in [0.4, 0.5) is 9.52 Å². The fourth-order valence-corrected chi connectivity index (χ4v) is 4.64. The molecule has 2 aromatic rings. The molecule has 1 saturated heterocycles. The number of sulfonamides is 1. The van der Waals surface area contributed by atoms with Crippen LogP contribution < -0.4 is 4.72 Å². The number of halogens is 2. The number of hydrogen-bond acceptors (Lipinski definition) is 5. The molecule has 0 aliphatic carbocycles. The average molecular weight is 377 g/mol. The Morgan fingerprint density at radius 2 is 2.09 bits per heavy atom. The van der Waals surface area contributed by atoms with Crippen LogP contribution in [0.15, 0.2) is 28.5 Å². The van der Waals surface area contributed by atoms with Gasteiger partial charge in [-0.15, -0.1) is 11.3 Å². The molecule has 0 spiro atoms. The number of nitrogens with zero attached hydrogens (tertiary/aromatic N) is 1. The van der Waals surface area contributed by atoms with Crippen LogP contribution in [-0.2, 0) is 14.8 Å². The predicted octanol–water partition coefficient (Wildman–Crippen LogP) is 3.63. The van der Waals surface area contributed by atoms with Crippen molar-refractivity contribution in [2.45, 2.75) is 23.7 Å². The van der Waals surface area contributed by atoms with E-state index in [4.69, 9.17) is 16.3 Å². The van der Waals surface area contributed by atoms with Crippen molar-refractivity contribution in [2.24, 2.45) is 0 Å². The molecular weight excluding hydrogens is 363 g/mol. The summed E-state index contributed by atoms with van der Waals surface area (Å²) in [7, 11) is -4.04. The quantitative estimate of drug-likeness (QED) is 0.884. The Labute approximate surface area is 142 Å². The van der Waals surface area contributed by atoms with Crippen molar-refractivity contribution in [3.05, 3.63) is 40.1 Å². The van der Waals surface area contributed by atoms with E-state index in [1.807, 2.05) is 5.38 Å². The summed E-state index contributed by atoms with van der Waals surface area (Å²) < 4.78 is 46.0. The highest BCUT2D eigenvalue weighted by molar-refractivity contribution is 7.93. The largest absolute Gasteiger partial charge is 0.381 e. The van der Waals surface area contributed by atoms with Crippen LogP contribution in [0.5, 0.6) is 0 Å². The minimum Gasteiger partial charge on any atom is -0.381 e. The molecule has 0 saturated carbocycles. The minimum atomic E-state index is -4.04. The summed E-state index contributed by atoms with van der Waals surface area (Å²) in [6.07, 6.45) is 1.73. The van der Waals surface area contributed by atoms with Gasteiger partial charge in [-0.25, -0.2) is 17.8 Å². The van der Waals surface area contributed by atoms with Crippen molar-refractivity contribution < 1.29 is 17.5 Å². The van der Waals surface area contributed by atoms with Crippen LogP contribution in [0.1, 0.15) is 24.5 Å². The molecule has 5 nitrogen and oxygen atoms in total. The van der Waals surface area contributed by atoms with E-state index >= 15 is 0 Å². The van der Waals surface area contributed by atoms with E-state index in [1.165, 1.54) is 17.4 Å². The highest BCUT2D eigenvalue weighted by Crippen LogP contribution is 2.30. The molecule has 2 heterocycles. The van der Waals surface area contributed by atoms with Gasteiger partial charge in [0.1, 0.15) is 10.7 Å². The highest BCUT2D eigenvalue weighted by atomic mass is 35.5. The maximum Gasteiger partial charge on any atom is 0.266 e. The summed E-state index contributed by atoms with van der Waals surface area (Å²) in [4.78, 5) is 3.86. The van der Waals surface area contributed by atoms with Gasteiger partial charge >= 0.3 is 0 Å². The van der Waals surface area contributed by atoms with Crippen molar-refractivity contribution in [1.82, 2.24) is 4.98 Å². The van der Waals surface area contributed by atoms with Crippen LogP contribution in [-0.4, -0.2) is 26.6 Å². The molecule has 1 aliphatic heterocycles. The van der Waals surface area contributed by atoms with Gasteiger partial charge in [0, 0.05) is 29.5 Å². The summed E-state index contributed by atoms with van der Waals surface area (Å²) >= 11 is 6.82. The van der Waals surface area contributed by atoms with E-state index in [0.717, 1.165) is 30.7 Å². The normalized spacial score (nSPS) is 16.4. The lowest BCUT2D eigenvalue weighted by molar-refractivity contribution is 0.0846. The van der Waals surface area contributed by atoms with E-state index < -0.39 is 20.7 Å². The second-order valence-corrected chi connectivity index (χ2v) is 8.09. The van der Waals surface area contributed by atoms with Gasteiger partial charge in [-0.1, -0.05) is 11.6 Å². The Morgan fingerprint density at radius 1 is 1.35 bits per heavy atom. The maximum atomic E-state index is 13.8. The number of aromatic nitrogens is 1. The third kappa shape index (κ3) is 3.82. The van der Waals surface area contributed by atoms with Crippen molar-refractivity contribution in [2.75, 3.05) is 17.9 Å². The maximum absolute atomic E-state index is 13.8. The van der Waals surface area contributed by atoms with Gasteiger partial charge in [0.05, 0.1) is 5.69 Å². The van der Waals surface area contributed by atoms with Crippen LogP contribution >= 0.6 is 22.9 Å². The first-order valence-corrected chi connectivity index (χ1v) is 9.71. The van der Waals surface area contributed by atoms with Crippen molar-refractivity contribution >= 4 is 38.1 Å². The van der Waals surface area contributed by atoms with Crippen LogP contribution in [0.3, 0.4) is 0 Å². The van der Waals surface area contributed by atoms with Crippen LogP contribution in [0, 0.1) is 5.82 Å². The zero-order valence-corrected chi connectivity index (χ0v) is 14.3. The highest BCUT2D eigenvalue weighted by Gasteiger charge is 2.23. The molecule has 1 aromatic carbocycles. The third-order valence-electron chi connectivity index (χ3n) is 3.57. The Hall–Kier alpha value is -1.22. The number of nitrogens with one attached hydrogen (secondary N) is 1. The minimum absolute atomic E-state index is 0.137. The third-order valence-corrected chi connectivity index (χ3v) is 6.08. The predicted molar refractivity (Wildman–Crippen MR) is 87.1 cm³/mol. The zero-order chi connectivity index (χ0) is 16.4. The molecule has 1 N–H and O–H groups in total. The summed E-state index contributed by atoms with van der Waals surface area (Å²) in [5, 5.41) is 2.19. The van der Waals surface area contributed by atoms with Gasteiger partial charge < -0.3 is 4.74 Å². The number of benzene rings is 1. The summed E-state index contributed by atoms with van der Waals surface area (Å²) in [5.41, 5.74) is 0.840. The van der Waals surface area contributed by atoms with E-state index in [1.54, 1.807) is 0 Å². The summed E-state index contributed by atoms with van der Waals surface area (Å²) in [5.74, 6) is -0.628. The molecule has 124 valence electrons. The van der Waals surface area contributed by atoms with Crippen LogP contribution in [0.25, 0.3) is 0 Å². The van der Waals surface area contributed by atoms with E-state index in [-0.39, 0.29) is 16.1 Å². The topological polar surface area (TPSA) is 68.3 Å². The monoisotopic (exact) mass is 376 g/mol. The van der Waals surface area contributed by atoms with E-state index in [2.05, 4.69) is 9.71 Å². The molecule has 1 aliphatic rings. The second-order valence-electron chi connectivity index (χ2n) is 5.14. The van der Waals surface area contributed by atoms with Gasteiger partial charge in [0.2, 0.25) is 0 Å². The van der Waals surface area contributed by atoms with Crippen molar-refractivity contribution in [3.63, 3.8) is 0 Å². The number of ether oxygens (including phenoxy) is 1. The molecule has 1 aromatic heterocycles. The SMILES string of the molecule is O=S(=O)(Nc1nc(C2CCOCC2)cs1)c1ccc(Cl)cc1F. The van der Waals surface area contributed by atoms with Gasteiger partial charge in [-0.2, -0.15) is 0 Å². The molecule has 1 fully saturated rings. The first kappa shape index (κ1) is 16.6. The fourth-order valence-electron chi connectivity index (χ4n) is 2.38. The molecule has 0 radical (unpaired) electrons. The molecular formula is C14H14ClFN2O3S2. The Kier molecular flexibility index (Phi) is 4.86. The molecule has 0 unspecified atom stereocenters.